The van der Waals surface area contributed by atoms with Crippen LogP contribution in [0.25, 0.3) is 0 Å². The molecule has 19 heteroatoms. The van der Waals surface area contributed by atoms with E-state index < -0.39 is 97.5 Å². The van der Waals surface area contributed by atoms with Gasteiger partial charge in [0.1, 0.15) is 19.3 Å². The minimum Gasteiger partial charge on any atom is -0.462 e. The molecule has 0 aromatic rings. The first-order valence-corrected chi connectivity index (χ1v) is 34.9. The summed E-state index contributed by atoms with van der Waals surface area (Å²) in [5.74, 6) is 0.00139. The average Bonchev–Trinajstić information content (AvgIpc) is 3.42. The summed E-state index contributed by atoms with van der Waals surface area (Å²) >= 11 is 0. The number of esters is 4. The summed E-state index contributed by atoms with van der Waals surface area (Å²) in [7, 11) is -9.88. The smallest absolute Gasteiger partial charge is 0.462 e. The second-order valence-electron chi connectivity index (χ2n) is 23.0. The van der Waals surface area contributed by atoms with Gasteiger partial charge in [0.15, 0.2) is 12.2 Å². The van der Waals surface area contributed by atoms with Gasteiger partial charge in [-0.3, -0.25) is 37.3 Å². The van der Waals surface area contributed by atoms with Gasteiger partial charge < -0.3 is 33.8 Å². The maximum atomic E-state index is 12.9. The largest absolute Gasteiger partial charge is 0.472 e. The summed E-state index contributed by atoms with van der Waals surface area (Å²) < 4.78 is 67.8. The molecular formula is C61H118O17P2. The zero-order chi connectivity index (χ0) is 59.5. The monoisotopic (exact) mass is 1180 g/mol. The van der Waals surface area contributed by atoms with E-state index in [2.05, 4.69) is 48.5 Å². The molecule has 0 rings (SSSR count). The van der Waals surface area contributed by atoms with Gasteiger partial charge in [-0.1, -0.05) is 241 Å². The van der Waals surface area contributed by atoms with E-state index in [0.717, 1.165) is 108 Å². The molecule has 0 heterocycles. The van der Waals surface area contributed by atoms with Crippen LogP contribution in [0, 0.1) is 17.8 Å². The van der Waals surface area contributed by atoms with E-state index in [0.29, 0.717) is 31.6 Å². The third kappa shape index (κ3) is 52.8. The third-order valence-electron chi connectivity index (χ3n) is 14.6. The Hall–Kier alpha value is -1.94. The van der Waals surface area contributed by atoms with Crippen LogP contribution in [0.15, 0.2) is 0 Å². The molecule has 7 atom stereocenters. The van der Waals surface area contributed by atoms with E-state index in [1.54, 1.807) is 0 Å². The van der Waals surface area contributed by atoms with Gasteiger partial charge >= 0.3 is 39.5 Å². The third-order valence-corrected chi connectivity index (χ3v) is 16.5. The normalized spacial score (nSPS) is 15.1. The van der Waals surface area contributed by atoms with Crippen molar-refractivity contribution < 1.29 is 80.2 Å². The number of hydrogen-bond donors (Lipinski definition) is 3. The summed E-state index contributed by atoms with van der Waals surface area (Å²) in [6.07, 6.45) is 32.2. The van der Waals surface area contributed by atoms with Crippen molar-refractivity contribution in [3.8, 4) is 0 Å². The Morgan fingerprint density at radius 1 is 0.362 bits per heavy atom. The van der Waals surface area contributed by atoms with Crippen LogP contribution in [0.3, 0.4) is 0 Å². The number of hydrogen-bond acceptors (Lipinski definition) is 15. The quantitative estimate of drug-likeness (QED) is 0.0222. The number of phosphoric acid groups is 2. The molecule has 0 fully saturated rings. The fourth-order valence-corrected chi connectivity index (χ4v) is 10.5. The zero-order valence-electron chi connectivity index (χ0n) is 51.5. The van der Waals surface area contributed by atoms with Crippen LogP contribution in [0.4, 0.5) is 0 Å². The topological polar surface area (TPSA) is 237 Å². The molecule has 80 heavy (non-hydrogen) atoms. The van der Waals surface area contributed by atoms with Crippen LogP contribution < -0.4 is 0 Å². The standard InChI is InChI=1S/C61H118O17P2/c1-8-11-12-13-14-15-16-19-28-35-42-58(63)71-48-57(78-61(66)45-38-31-24-22-27-34-41-54(7)10-3)51-76-80(69,70)74-47-55(62)46-73-79(67,68)75-50-56(77-60(65)44-37-30-20-17-18-25-32-39-52(4)5)49-72-59(64)43-36-29-23-21-26-33-40-53(6)9-2/h52-57,62H,8-51H2,1-7H3,(H,67,68)(H,69,70)/t53?,54?,55-,56-,57-/m1/s1. The van der Waals surface area contributed by atoms with E-state index in [1.807, 2.05) is 0 Å². The molecule has 0 aromatic carbocycles. The summed E-state index contributed by atoms with van der Waals surface area (Å²) in [5, 5.41) is 10.5. The Bertz CT molecular complexity index is 1600. The predicted octanol–water partition coefficient (Wildman–Crippen LogP) is 16.3. The van der Waals surface area contributed by atoms with Gasteiger partial charge in [0.2, 0.25) is 0 Å². The van der Waals surface area contributed by atoms with E-state index in [1.165, 1.54) is 96.3 Å². The van der Waals surface area contributed by atoms with E-state index >= 15 is 0 Å². The predicted molar refractivity (Wildman–Crippen MR) is 317 cm³/mol. The number of ether oxygens (including phenoxy) is 4. The van der Waals surface area contributed by atoms with E-state index in [9.17, 15) is 43.2 Å². The highest BCUT2D eigenvalue weighted by atomic mass is 31.2. The Labute approximate surface area is 486 Å². The van der Waals surface area contributed by atoms with Crippen molar-refractivity contribution in [2.75, 3.05) is 39.6 Å². The van der Waals surface area contributed by atoms with Crippen molar-refractivity contribution in [1.82, 2.24) is 0 Å². The van der Waals surface area contributed by atoms with Crippen molar-refractivity contribution in [3.63, 3.8) is 0 Å². The Morgan fingerprint density at radius 2 is 0.637 bits per heavy atom. The maximum absolute atomic E-state index is 12.9. The van der Waals surface area contributed by atoms with Gasteiger partial charge in [-0.05, 0) is 43.4 Å². The van der Waals surface area contributed by atoms with Crippen molar-refractivity contribution in [3.05, 3.63) is 0 Å². The molecule has 4 unspecified atom stereocenters. The molecule has 0 radical (unpaired) electrons. The minimum absolute atomic E-state index is 0.102. The number of carbonyl (C=O) groups excluding carboxylic acids is 4. The van der Waals surface area contributed by atoms with Crippen molar-refractivity contribution in [2.45, 2.75) is 311 Å². The molecule has 0 aliphatic rings. The van der Waals surface area contributed by atoms with Gasteiger partial charge in [-0.2, -0.15) is 0 Å². The first-order valence-electron chi connectivity index (χ1n) is 31.9. The summed E-state index contributed by atoms with van der Waals surface area (Å²) in [5.41, 5.74) is 0. The first-order chi connectivity index (χ1) is 38.3. The fraction of sp³-hybridized carbons (Fsp3) is 0.934. The zero-order valence-corrected chi connectivity index (χ0v) is 53.3. The maximum Gasteiger partial charge on any atom is 0.472 e. The van der Waals surface area contributed by atoms with Crippen LogP contribution in [-0.4, -0.2) is 96.7 Å². The SMILES string of the molecule is CCCCCCCCCCCCC(=O)OC[C@H](COP(=O)(O)OC[C@H](O)COP(=O)(O)OC[C@@H](COC(=O)CCCCCCCCC(C)CC)OC(=O)CCCCCCCCCC(C)C)OC(=O)CCCCCCCCC(C)CC. The highest BCUT2D eigenvalue weighted by Crippen LogP contribution is 2.45. The number of aliphatic hydroxyl groups excluding tert-OH is 1. The van der Waals surface area contributed by atoms with Gasteiger partial charge in [0, 0.05) is 25.7 Å². The molecule has 0 spiro atoms. The Morgan fingerprint density at radius 3 is 0.950 bits per heavy atom. The van der Waals surface area contributed by atoms with Crippen molar-refractivity contribution in [1.29, 1.82) is 0 Å². The van der Waals surface area contributed by atoms with Crippen molar-refractivity contribution in [2.24, 2.45) is 17.8 Å². The average molecular weight is 1190 g/mol. The molecule has 0 amide bonds. The number of phosphoric ester groups is 2. The molecule has 3 N–H and O–H groups in total. The molecule has 0 aromatic heterocycles. The van der Waals surface area contributed by atoms with Crippen molar-refractivity contribution >= 4 is 39.5 Å². The summed E-state index contributed by atoms with van der Waals surface area (Å²) in [6.45, 7) is 11.6. The van der Waals surface area contributed by atoms with E-state index in [4.69, 9.17) is 37.0 Å². The van der Waals surface area contributed by atoms with Gasteiger partial charge in [0.25, 0.3) is 0 Å². The first kappa shape index (κ1) is 78.1. The van der Waals surface area contributed by atoms with E-state index in [-0.39, 0.29) is 25.7 Å². The Kier molecular flexibility index (Phi) is 51.3. The Balaban J connectivity index is 5.26. The molecule has 0 aliphatic carbocycles. The highest BCUT2D eigenvalue weighted by Gasteiger charge is 2.30. The summed E-state index contributed by atoms with van der Waals surface area (Å²) in [4.78, 5) is 72.0. The minimum atomic E-state index is -4.94. The molecule has 0 saturated carbocycles. The lowest BCUT2D eigenvalue weighted by molar-refractivity contribution is -0.161. The molecule has 0 saturated heterocycles. The van der Waals surface area contributed by atoms with Gasteiger partial charge in [-0.15, -0.1) is 0 Å². The van der Waals surface area contributed by atoms with Crippen LogP contribution in [0.5, 0.6) is 0 Å². The van der Waals surface area contributed by atoms with Crippen LogP contribution >= 0.6 is 15.6 Å². The fourth-order valence-electron chi connectivity index (χ4n) is 8.89. The molecular weight excluding hydrogens is 1070 g/mol. The lowest BCUT2D eigenvalue weighted by Gasteiger charge is -2.21. The van der Waals surface area contributed by atoms with Crippen LogP contribution in [0.2, 0.25) is 0 Å². The number of rotatable bonds is 59. The number of aliphatic hydroxyl groups is 1. The second kappa shape index (κ2) is 52.6. The number of unbranched alkanes of at least 4 members (excludes halogenated alkanes) is 25. The number of carbonyl (C=O) groups is 4. The van der Waals surface area contributed by atoms with Gasteiger partial charge in [0.05, 0.1) is 26.4 Å². The second-order valence-corrected chi connectivity index (χ2v) is 26.0. The highest BCUT2D eigenvalue weighted by molar-refractivity contribution is 7.47. The molecule has 474 valence electrons. The lowest BCUT2D eigenvalue weighted by Crippen LogP contribution is -2.30. The lowest BCUT2D eigenvalue weighted by atomic mass is 10.00. The van der Waals surface area contributed by atoms with Gasteiger partial charge in [-0.25, -0.2) is 9.13 Å². The summed E-state index contributed by atoms with van der Waals surface area (Å²) in [6, 6.07) is 0. The van der Waals surface area contributed by atoms with Crippen LogP contribution in [0.1, 0.15) is 292 Å². The molecule has 17 nitrogen and oxygen atoms in total. The molecule has 0 aliphatic heterocycles. The molecule has 0 bridgehead atoms. The van der Waals surface area contributed by atoms with Crippen LogP contribution in [-0.2, 0) is 65.4 Å².